The van der Waals surface area contributed by atoms with Crippen molar-refractivity contribution < 1.29 is 9.53 Å². The molecule has 0 aliphatic heterocycles. The van der Waals surface area contributed by atoms with Gasteiger partial charge >= 0.3 is 0 Å². The first kappa shape index (κ1) is 11.3. The molecule has 4 heteroatoms. The van der Waals surface area contributed by atoms with E-state index < -0.39 is 0 Å². The number of ketones is 1. The van der Waals surface area contributed by atoms with Gasteiger partial charge in [0.2, 0.25) is 5.78 Å². The van der Waals surface area contributed by atoms with E-state index in [2.05, 4.69) is 9.97 Å². The standard InChI is InChI=1S/C13H12N2O2/c1-17-11-5-2-4-10(8-11)9-12(16)13-14-6-3-7-15-13/h2-8H,9H2,1H3. The highest BCUT2D eigenvalue weighted by Gasteiger charge is 2.09. The maximum atomic E-state index is 11.8. The Morgan fingerprint density at radius 2 is 2.00 bits per heavy atom. The summed E-state index contributed by atoms with van der Waals surface area (Å²) in [5.41, 5.74) is 0.891. The third-order valence-electron chi connectivity index (χ3n) is 2.31. The fraction of sp³-hybridized carbons (Fsp3) is 0.154. The van der Waals surface area contributed by atoms with E-state index in [1.807, 2.05) is 24.3 Å². The number of methoxy groups -OCH3 is 1. The summed E-state index contributed by atoms with van der Waals surface area (Å²) >= 11 is 0. The second-order valence-electron chi connectivity index (χ2n) is 3.52. The van der Waals surface area contributed by atoms with Gasteiger partial charge < -0.3 is 4.74 Å². The van der Waals surface area contributed by atoms with E-state index in [4.69, 9.17) is 4.74 Å². The van der Waals surface area contributed by atoms with Crippen LogP contribution in [-0.2, 0) is 6.42 Å². The lowest BCUT2D eigenvalue weighted by Gasteiger charge is -2.03. The summed E-state index contributed by atoms with van der Waals surface area (Å²) in [6.45, 7) is 0. The van der Waals surface area contributed by atoms with Crippen LogP contribution in [0.4, 0.5) is 0 Å². The van der Waals surface area contributed by atoms with Crippen LogP contribution in [-0.4, -0.2) is 22.9 Å². The largest absolute Gasteiger partial charge is 0.497 e. The molecule has 1 aromatic carbocycles. The molecule has 86 valence electrons. The molecule has 1 heterocycles. The lowest BCUT2D eigenvalue weighted by Crippen LogP contribution is -2.07. The van der Waals surface area contributed by atoms with E-state index in [0.29, 0.717) is 0 Å². The summed E-state index contributed by atoms with van der Waals surface area (Å²) in [7, 11) is 1.60. The Morgan fingerprint density at radius 3 is 2.71 bits per heavy atom. The van der Waals surface area contributed by atoms with Crippen molar-refractivity contribution in [3.8, 4) is 5.75 Å². The Bertz CT molecular complexity index is 512. The molecule has 0 amide bonds. The van der Waals surface area contributed by atoms with Gasteiger partial charge in [-0.1, -0.05) is 12.1 Å². The maximum Gasteiger partial charge on any atom is 0.204 e. The molecular formula is C13H12N2O2. The van der Waals surface area contributed by atoms with Gasteiger partial charge in [-0.3, -0.25) is 4.79 Å². The van der Waals surface area contributed by atoms with Crippen LogP contribution in [0.5, 0.6) is 5.75 Å². The lowest BCUT2D eigenvalue weighted by molar-refractivity contribution is 0.0983. The van der Waals surface area contributed by atoms with Crippen LogP contribution in [0.25, 0.3) is 0 Å². The molecule has 2 aromatic rings. The van der Waals surface area contributed by atoms with E-state index in [0.717, 1.165) is 11.3 Å². The minimum absolute atomic E-state index is 0.0983. The number of Topliss-reactive ketones (excluding diaryl/α,β-unsaturated/α-hetero) is 1. The van der Waals surface area contributed by atoms with Gasteiger partial charge in [0, 0.05) is 18.8 Å². The summed E-state index contributed by atoms with van der Waals surface area (Å²) in [6, 6.07) is 9.09. The number of carbonyl (C=O) groups excluding carboxylic acids is 1. The summed E-state index contributed by atoms with van der Waals surface area (Å²) in [5, 5.41) is 0. The third kappa shape index (κ3) is 2.87. The van der Waals surface area contributed by atoms with Gasteiger partial charge in [0.25, 0.3) is 0 Å². The molecule has 0 bridgehead atoms. The van der Waals surface area contributed by atoms with E-state index in [1.165, 1.54) is 0 Å². The zero-order valence-electron chi connectivity index (χ0n) is 9.46. The average Bonchev–Trinajstić information content (AvgIpc) is 2.40. The zero-order valence-corrected chi connectivity index (χ0v) is 9.46. The van der Waals surface area contributed by atoms with Crippen LogP contribution >= 0.6 is 0 Å². The number of aromatic nitrogens is 2. The topological polar surface area (TPSA) is 52.1 Å². The molecule has 0 saturated heterocycles. The first-order valence-electron chi connectivity index (χ1n) is 5.23. The van der Waals surface area contributed by atoms with Crippen molar-refractivity contribution in [2.45, 2.75) is 6.42 Å². The minimum Gasteiger partial charge on any atom is -0.497 e. The molecule has 4 nitrogen and oxygen atoms in total. The van der Waals surface area contributed by atoms with E-state index in [-0.39, 0.29) is 18.0 Å². The summed E-state index contributed by atoms with van der Waals surface area (Å²) in [4.78, 5) is 19.7. The van der Waals surface area contributed by atoms with Crippen LogP contribution < -0.4 is 4.74 Å². The second-order valence-corrected chi connectivity index (χ2v) is 3.52. The Morgan fingerprint density at radius 1 is 1.24 bits per heavy atom. The fourth-order valence-electron chi connectivity index (χ4n) is 1.49. The molecule has 0 saturated carbocycles. The molecule has 2 rings (SSSR count). The van der Waals surface area contributed by atoms with Crippen LogP contribution in [0.3, 0.4) is 0 Å². The molecule has 1 aromatic heterocycles. The van der Waals surface area contributed by atoms with Crippen LogP contribution in [0.15, 0.2) is 42.7 Å². The van der Waals surface area contributed by atoms with Crippen LogP contribution in [0.2, 0.25) is 0 Å². The first-order chi connectivity index (χ1) is 8.29. The predicted molar refractivity (Wildman–Crippen MR) is 63.1 cm³/mol. The van der Waals surface area contributed by atoms with Crippen molar-refractivity contribution in [3.63, 3.8) is 0 Å². The summed E-state index contributed by atoms with van der Waals surface area (Å²) < 4.78 is 5.10. The highest BCUT2D eigenvalue weighted by Crippen LogP contribution is 2.13. The van der Waals surface area contributed by atoms with Crippen molar-refractivity contribution >= 4 is 5.78 Å². The van der Waals surface area contributed by atoms with Gasteiger partial charge in [-0.2, -0.15) is 0 Å². The predicted octanol–water partition coefficient (Wildman–Crippen LogP) is 1.91. The molecule has 0 radical (unpaired) electrons. The molecule has 0 N–H and O–H groups in total. The van der Waals surface area contributed by atoms with Crippen LogP contribution in [0, 0.1) is 0 Å². The summed E-state index contributed by atoms with van der Waals surface area (Å²) in [5.74, 6) is 0.887. The fourth-order valence-corrected chi connectivity index (χ4v) is 1.49. The lowest BCUT2D eigenvalue weighted by atomic mass is 10.1. The van der Waals surface area contributed by atoms with E-state index >= 15 is 0 Å². The minimum atomic E-state index is -0.0983. The molecule has 0 unspecified atom stereocenters. The SMILES string of the molecule is COc1cccc(CC(=O)c2ncccn2)c1. The number of carbonyl (C=O) groups is 1. The Kier molecular flexibility index (Phi) is 3.45. The van der Waals surface area contributed by atoms with Gasteiger partial charge in [0.05, 0.1) is 7.11 Å². The number of nitrogens with zero attached hydrogens (tertiary/aromatic N) is 2. The third-order valence-corrected chi connectivity index (χ3v) is 2.31. The quantitative estimate of drug-likeness (QED) is 0.750. The van der Waals surface area contributed by atoms with E-state index in [1.54, 1.807) is 25.6 Å². The van der Waals surface area contributed by atoms with Gasteiger partial charge in [-0.15, -0.1) is 0 Å². The average molecular weight is 228 g/mol. The van der Waals surface area contributed by atoms with Crippen molar-refractivity contribution in [2.75, 3.05) is 7.11 Å². The van der Waals surface area contributed by atoms with Crippen molar-refractivity contribution in [1.82, 2.24) is 9.97 Å². The van der Waals surface area contributed by atoms with Gasteiger partial charge in [0.15, 0.2) is 5.82 Å². The number of rotatable bonds is 4. The van der Waals surface area contributed by atoms with Crippen molar-refractivity contribution in [1.29, 1.82) is 0 Å². The summed E-state index contributed by atoms with van der Waals surface area (Å²) in [6.07, 6.45) is 3.40. The van der Waals surface area contributed by atoms with Gasteiger partial charge in [-0.25, -0.2) is 9.97 Å². The second kappa shape index (κ2) is 5.21. The first-order valence-corrected chi connectivity index (χ1v) is 5.23. The smallest absolute Gasteiger partial charge is 0.204 e. The monoisotopic (exact) mass is 228 g/mol. The van der Waals surface area contributed by atoms with E-state index in [9.17, 15) is 4.79 Å². The number of hydrogen-bond donors (Lipinski definition) is 0. The molecule has 0 aliphatic carbocycles. The van der Waals surface area contributed by atoms with Crippen LogP contribution in [0.1, 0.15) is 16.2 Å². The Labute approximate surface area is 99.3 Å². The van der Waals surface area contributed by atoms with Crippen molar-refractivity contribution in [3.05, 3.63) is 54.1 Å². The molecule has 0 atom stereocenters. The number of ether oxygens (including phenoxy) is 1. The Balaban J connectivity index is 2.13. The highest BCUT2D eigenvalue weighted by atomic mass is 16.5. The molecular weight excluding hydrogens is 216 g/mol. The van der Waals surface area contributed by atoms with Gasteiger partial charge in [-0.05, 0) is 23.8 Å². The van der Waals surface area contributed by atoms with Crippen molar-refractivity contribution in [2.24, 2.45) is 0 Å². The number of benzene rings is 1. The molecule has 0 aliphatic rings. The zero-order chi connectivity index (χ0) is 12.1. The van der Waals surface area contributed by atoms with Gasteiger partial charge in [0.1, 0.15) is 5.75 Å². The molecule has 0 spiro atoms. The highest BCUT2D eigenvalue weighted by molar-refractivity contribution is 5.94. The molecule has 17 heavy (non-hydrogen) atoms. The Hall–Kier alpha value is -2.23. The number of hydrogen-bond acceptors (Lipinski definition) is 4. The maximum absolute atomic E-state index is 11.8. The normalized spacial score (nSPS) is 9.94. The molecule has 0 fully saturated rings.